The van der Waals surface area contributed by atoms with Gasteiger partial charge in [-0.25, -0.2) is 8.42 Å². The minimum atomic E-state index is -3.96. The van der Waals surface area contributed by atoms with Gasteiger partial charge in [0, 0.05) is 19.5 Å². The Morgan fingerprint density at radius 1 is 1.03 bits per heavy atom. The van der Waals surface area contributed by atoms with E-state index in [0.717, 1.165) is 31.8 Å². The van der Waals surface area contributed by atoms with Crippen LogP contribution in [0.15, 0.2) is 35.2 Å². The molecular formula is C24H37N3O5S. The lowest BCUT2D eigenvalue weighted by Crippen LogP contribution is -2.43. The molecule has 2 heterocycles. The third-order valence-corrected chi connectivity index (χ3v) is 8.43. The quantitative estimate of drug-likeness (QED) is 0.449. The monoisotopic (exact) mass is 479 g/mol. The average Bonchev–Trinajstić information content (AvgIpc) is 2.83. The summed E-state index contributed by atoms with van der Waals surface area (Å²) in [6.07, 6.45) is 8.25. The molecule has 2 aliphatic heterocycles. The van der Waals surface area contributed by atoms with Crippen molar-refractivity contribution >= 4 is 21.9 Å². The molecule has 0 spiro atoms. The van der Waals surface area contributed by atoms with Crippen molar-refractivity contribution in [3.8, 4) is 0 Å². The van der Waals surface area contributed by atoms with E-state index < -0.39 is 22.0 Å². The largest absolute Gasteiger partial charge is 0.480 e. The van der Waals surface area contributed by atoms with Gasteiger partial charge in [0.15, 0.2) is 0 Å². The van der Waals surface area contributed by atoms with Crippen LogP contribution in [0.2, 0.25) is 0 Å². The Morgan fingerprint density at radius 3 is 2.24 bits per heavy atom. The van der Waals surface area contributed by atoms with Gasteiger partial charge in [0.2, 0.25) is 15.9 Å². The molecule has 2 aliphatic rings. The molecule has 0 radical (unpaired) electrons. The Morgan fingerprint density at radius 2 is 1.64 bits per heavy atom. The molecule has 1 aromatic rings. The molecule has 0 aromatic heterocycles. The molecule has 0 aliphatic carbocycles. The fourth-order valence-corrected chi connectivity index (χ4v) is 6.10. The first kappa shape index (κ1) is 25.6. The molecule has 3 N–H and O–H groups in total. The number of benzene rings is 1. The van der Waals surface area contributed by atoms with Gasteiger partial charge >= 0.3 is 5.97 Å². The lowest BCUT2D eigenvalue weighted by molar-refractivity contribution is -0.139. The van der Waals surface area contributed by atoms with Crippen molar-refractivity contribution in [2.75, 3.05) is 26.2 Å². The van der Waals surface area contributed by atoms with E-state index in [0.29, 0.717) is 19.0 Å². The highest BCUT2D eigenvalue weighted by atomic mass is 32.2. The zero-order valence-corrected chi connectivity index (χ0v) is 20.1. The normalized spacial score (nSPS) is 19.3. The van der Waals surface area contributed by atoms with Crippen LogP contribution in [0.5, 0.6) is 0 Å². The van der Waals surface area contributed by atoms with E-state index in [-0.39, 0.29) is 23.6 Å². The smallest absolute Gasteiger partial charge is 0.321 e. The van der Waals surface area contributed by atoms with Crippen LogP contribution in [0.1, 0.15) is 57.8 Å². The summed E-state index contributed by atoms with van der Waals surface area (Å²) in [6, 6.07) is 6.30. The van der Waals surface area contributed by atoms with E-state index in [1.54, 1.807) is 23.1 Å². The predicted octanol–water partition coefficient (Wildman–Crippen LogP) is 2.61. The van der Waals surface area contributed by atoms with Crippen molar-refractivity contribution in [3.05, 3.63) is 30.3 Å². The van der Waals surface area contributed by atoms with Gasteiger partial charge in [-0.3, -0.25) is 9.59 Å². The van der Waals surface area contributed by atoms with Crippen LogP contribution in [-0.4, -0.2) is 62.5 Å². The van der Waals surface area contributed by atoms with Gasteiger partial charge in [0.25, 0.3) is 0 Å². The fraction of sp³-hybridized carbons (Fsp3) is 0.667. The molecule has 1 amide bonds. The molecule has 1 aromatic carbocycles. The number of nitrogens with zero attached hydrogens (tertiary/aromatic N) is 1. The molecule has 33 heavy (non-hydrogen) atoms. The minimum absolute atomic E-state index is 0.00445. The van der Waals surface area contributed by atoms with E-state index in [1.807, 2.05) is 0 Å². The number of hydrogen-bond acceptors (Lipinski definition) is 5. The summed E-state index contributed by atoms with van der Waals surface area (Å²) in [5.41, 5.74) is 0. The maximum absolute atomic E-state index is 12.6. The molecule has 184 valence electrons. The summed E-state index contributed by atoms with van der Waals surface area (Å²) in [4.78, 5) is 26.0. The molecule has 2 saturated heterocycles. The summed E-state index contributed by atoms with van der Waals surface area (Å²) in [5.74, 6) is 0.123. The molecule has 9 heteroatoms. The average molecular weight is 480 g/mol. The molecule has 3 rings (SSSR count). The number of rotatable bonds is 11. The molecule has 0 unspecified atom stereocenters. The summed E-state index contributed by atoms with van der Waals surface area (Å²) < 4.78 is 27.1. The van der Waals surface area contributed by atoms with Crippen molar-refractivity contribution in [2.24, 2.45) is 11.8 Å². The van der Waals surface area contributed by atoms with Crippen LogP contribution in [0.25, 0.3) is 0 Å². The van der Waals surface area contributed by atoms with Crippen molar-refractivity contribution in [3.63, 3.8) is 0 Å². The summed E-state index contributed by atoms with van der Waals surface area (Å²) in [5, 5.41) is 12.9. The topological polar surface area (TPSA) is 116 Å². The van der Waals surface area contributed by atoms with Gasteiger partial charge in [0.05, 0.1) is 4.90 Å². The second-order valence-corrected chi connectivity index (χ2v) is 11.0. The van der Waals surface area contributed by atoms with E-state index >= 15 is 0 Å². The van der Waals surface area contributed by atoms with Gasteiger partial charge in [-0.2, -0.15) is 4.72 Å². The molecule has 1 atom stereocenters. The Balaban J connectivity index is 1.39. The van der Waals surface area contributed by atoms with Crippen molar-refractivity contribution in [1.82, 2.24) is 14.9 Å². The van der Waals surface area contributed by atoms with Crippen molar-refractivity contribution in [2.45, 2.75) is 68.7 Å². The first-order valence-corrected chi connectivity index (χ1v) is 13.6. The zero-order valence-electron chi connectivity index (χ0n) is 19.2. The van der Waals surface area contributed by atoms with Gasteiger partial charge in [0.1, 0.15) is 6.04 Å². The Kier molecular flexibility index (Phi) is 9.70. The second kappa shape index (κ2) is 12.5. The number of hydrogen-bond donors (Lipinski definition) is 3. The zero-order chi connectivity index (χ0) is 23.7. The first-order chi connectivity index (χ1) is 15.8. The molecular weight excluding hydrogens is 442 g/mol. The van der Waals surface area contributed by atoms with Crippen LogP contribution >= 0.6 is 0 Å². The summed E-state index contributed by atoms with van der Waals surface area (Å²) in [7, 11) is -3.96. The lowest BCUT2D eigenvalue weighted by Gasteiger charge is -2.32. The number of carbonyl (C=O) groups excluding carboxylic acids is 1. The molecule has 0 saturated carbocycles. The highest BCUT2D eigenvalue weighted by Gasteiger charge is 2.28. The number of nitrogens with one attached hydrogen (secondary N) is 2. The van der Waals surface area contributed by atoms with Gasteiger partial charge < -0.3 is 15.3 Å². The molecule has 2 fully saturated rings. The number of carboxylic acid groups (broad SMARTS) is 1. The summed E-state index contributed by atoms with van der Waals surface area (Å²) in [6.45, 7) is 3.68. The maximum Gasteiger partial charge on any atom is 0.321 e. The molecule has 8 nitrogen and oxygen atoms in total. The predicted molar refractivity (Wildman–Crippen MR) is 126 cm³/mol. The van der Waals surface area contributed by atoms with Crippen LogP contribution in [0, 0.1) is 11.8 Å². The Bertz CT molecular complexity index is 863. The van der Waals surface area contributed by atoms with Crippen molar-refractivity contribution < 1.29 is 23.1 Å². The standard InChI is InChI=1S/C24H37N3O5S/c28-23(10-9-22(24(29)30)26-33(31,32)21-7-2-1-3-8-21)27-17-13-20(14-18-27)6-4-5-19-11-15-25-16-12-19/h1-3,7-8,19-20,22,25-26H,4-6,9-18H2,(H,29,30)/t22-/m0/s1. The number of carbonyl (C=O) groups is 2. The number of likely N-dealkylation sites (tertiary alicyclic amines) is 1. The van der Waals surface area contributed by atoms with Crippen LogP contribution < -0.4 is 10.0 Å². The first-order valence-electron chi connectivity index (χ1n) is 12.1. The van der Waals surface area contributed by atoms with Crippen molar-refractivity contribution in [1.29, 1.82) is 0 Å². The van der Waals surface area contributed by atoms with E-state index in [2.05, 4.69) is 10.0 Å². The molecule has 0 bridgehead atoms. The Hall–Kier alpha value is -1.97. The maximum atomic E-state index is 12.6. The third kappa shape index (κ3) is 8.08. The van der Waals surface area contributed by atoms with E-state index in [9.17, 15) is 23.1 Å². The SMILES string of the molecule is O=C(O)[C@H](CCC(=O)N1CCC(CCCC2CCNCC2)CC1)NS(=O)(=O)c1ccccc1. The van der Waals surface area contributed by atoms with Crippen LogP contribution in [0.3, 0.4) is 0 Å². The second-order valence-electron chi connectivity index (χ2n) is 9.31. The van der Waals surface area contributed by atoms with E-state index in [4.69, 9.17) is 0 Å². The lowest BCUT2D eigenvalue weighted by atomic mass is 9.87. The van der Waals surface area contributed by atoms with Gasteiger partial charge in [-0.15, -0.1) is 0 Å². The van der Waals surface area contributed by atoms with Gasteiger partial charge in [-0.05, 0) is 69.2 Å². The van der Waals surface area contributed by atoms with Crippen LogP contribution in [0.4, 0.5) is 0 Å². The fourth-order valence-electron chi connectivity index (χ4n) is 4.85. The van der Waals surface area contributed by atoms with Gasteiger partial charge in [-0.1, -0.05) is 37.5 Å². The highest BCUT2D eigenvalue weighted by Crippen LogP contribution is 2.26. The number of sulfonamides is 1. The van der Waals surface area contributed by atoms with Crippen LogP contribution in [-0.2, 0) is 19.6 Å². The Labute approximate surface area is 197 Å². The highest BCUT2D eigenvalue weighted by molar-refractivity contribution is 7.89. The number of carboxylic acids is 1. The third-order valence-electron chi connectivity index (χ3n) is 6.95. The summed E-state index contributed by atoms with van der Waals surface area (Å²) >= 11 is 0. The van der Waals surface area contributed by atoms with E-state index in [1.165, 1.54) is 44.2 Å². The number of aliphatic carboxylic acids is 1. The minimum Gasteiger partial charge on any atom is -0.480 e. The number of amides is 1. The number of piperidine rings is 2.